The third kappa shape index (κ3) is 3.95. The van der Waals surface area contributed by atoms with Gasteiger partial charge in [0.05, 0.1) is 11.8 Å². The highest BCUT2D eigenvalue weighted by Gasteiger charge is 2.25. The van der Waals surface area contributed by atoms with Gasteiger partial charge >= 0.3 is 0 Å². The lowest BCUT2D eigenvalue weighted by Crippen LogP contribution is -2.50. The van der Waals surface area contributed by atoms with Gasteiger partial charge in [0, 0.05) is 52.2 Å². The number of nitrogens with zero attached hydrogens (tertiary/aromatic N) is 3. The number of β-amino-alcohol motifs (C(OH)–C–C–N with tert-alkyl or cyclic N) is 1. The number of aliphatic hydroxyl groups is 1. The zero-order valence-corrected chi connectivity index (χ0v) is 13.4. The number of aliphatic hydroxyl groups excluding tert-OH is 1. The van der Waals surface area contributed by atoms with Crippen molar-refractivity contribution in [3.05, 3.63) is 24.3 Å². The minimum absolute atomic E-state index is 0.161. The third-order valence-corrected chi connectivity index (χ3v) is 4.67. The number of carbonyl (C=O) groups is 1. The monoisotopic (exact) mass is 319 g/mol. The largest absolute Gasteiger partial charge is 0.506 e. The lowest BCUT2D eigenvalue weighted by atomic mass is 10.2. The van der Waals surface area contributed by atoms with Gasteiger partial charge in [-0.3, -0.25) is 9.69 Å². The molecule has 0 saturated carbocycles. The Hall–Kier alpha value is -1.79. The SMILES string of the molecule is O=C1CCCN1C[C@@H](O)CN1CCN(c2ccccc2O)CC1. The van der Waals surface area contributed by atoms with E-state index < -0.39 is 6.10 Å². The molecule has 1 aromatic carbocycles. The molecule has 2 aliphatic rings. The van der Waals surface area contributed by atoms with Gasteiger partial charge in [0.1, 0.15) is 5.75 Å². The van der Waals surface area contributed by atoms with E-state index in [-0.39, 0.29) is 5.91 Å². The topological polar surface area (TPSA) is 67.3 Å². The lowest BCUT2D eigenvalue weighted by molar-refractivity contribution is -0.129. The molecule has 0 unspecified atom stereocenters. The van der Waals surface area contributed by atoms with E-state index in [0.29, 0.717) is 25.3 Å². The predicted molar refractivity (Wildman–Crippen MR) is 88.6 cm³/mol. The van der Waals surface area contributed by atoms with Crippen molar-refractivity contribution < 1.29 is 15.0 Å². The van der Waals surface area contributed by atoms with Gasteiger partial charge in [0.2, 0.25) is 5.91 Å². The summed E-state index contributed by atoms with van der Waals surface area (Å²) in [5.41, 5.74) is 0.871. The van der Waals surface area contributed by atoms with Crippen LogP contribution in [-0.4, -0.2) is 77.8 Å². The highest BCUT2D eigenvalue weighted by atomic mass is 16.3. The Kier molecular flexibility index (Phi) is 5.03. The summed E-state index contributed by atoms with van der Waals surface area (Å²) in [6.07, 6.45) is 1.03. The minimum atomic E-state index is -0.492. The second-order valence-electron chi connectivity index (χ2n) is 6.37. The Morgan fingerprint density at radius 3 is 2.43 bits per heavy atom. The maximum atomic E-state index is 11.6. The molecule has 0 radical (unpaired) electrons. The van der Waals surface area contributed by atoms with Gasteiger partial charge in [0.15, 0.2) is 0 Å². The number of rotatable bonds is 5. The van der Waals surface area contributed by atoms with Crippen molar-refractivity contribution in [1.82, 2.24) is 9.80 Å². The molecule has 1 amide bonds. The zero-order chi connectivity index (χ0) is 16.2. The molecule has 2 aliphatic heterocycles. The molecule has 1 atom stereocenters. The summed E-state index contributed by atoms with van der Waals surface area (Å²) < 4.78 is 0. The van der Waals surface area contributed by atoms with Crippen LogP contribution in [0.2, 0.25) is 0 Å². The van der Waals surface area contributed by atoms with Crippen LogP contribution in [0.15, 0.2) is 24.3 Å². The van der Waals surface area contributed by atoms with Crippen molar-refractivity contribution in [3.8, 4) is 5.75 Å². The first-order valence-corrected chi connectivity index (χ1v) is 8.34. The van der Waals surface area contributed by atoms with Gasteiger partial charge in [-0.25, -0.2) is 0 Å². The fourth-order valence-electron chi connectivity index (χ4n) is 3.41. The molecule has 0 aliphatic carbocycles. The van der Waals surface area contributed by atoms with Crippen molar-refractivity contribution in [2.24, 2.45) is 0 Å². The standard InChI is InChI=1S/C17H25N3O3/c21-14(13-20-7-3-6-17(20)23)12-18-8-10-19(11-9-18)15-4-1-2-5-16(15)22/h1-2,4-5,14,21-22H,3,6-13H2/t14-/m0/s1. The molecule has 0 bridgehead atoms. The number of anilines is 1. The number of hydrogen-bond acceptors (Lipinski definition) is 5. The summed E-state index contributed by atoms with van der Waals surface area (Å²) in [5, 5.41) is 20.1. The smallest absolute Gasteiger partial charge is 0.222 e. The molecule has 2 saturated heterocycles. The van der Waals surface area contributed by atoms with Crippen molar-refractivity contribution in [1.29, 1.82) is 0 Å². The molecule has 126 valence electrons. The maximum Gasteiger partial charge on any atom is 0.222 e. The lowest BCUT2D eigenvalue weighted by Gasteiger charge is -2.37. The van der Waals surface area contributed by atoms with E-state index in [1.165, 1.54) is 0 Å². The molecule has 0 aromatic heterocycles. The Morgan fingerprint density at radius 1 is 1.04 bits per heavy atom. The Labute approximate surface area is 136 Å². The number of carbonyl (C=O) groups excluding carboxylic acids is 1. The first-order chi connectivity index (χ1) is 11.1. The quantitative estimate of drug-likeness (QED) is 0.827. The Bertz CT molecular complexity index is 544. The van der Waals surface area contributed by atoms with Crippen molar-refractivity contribution in [2.45, 2.75) is 18.9 Å². The van der Waals surface area contributed by atoms with Crippen molar-refractivity contribution in [3.63, 3.8) is 0 Å². The number of piperazine rings is 1. The van der Waals surface area contributed by atoms with Crippen LogP contribution in [0, 0.1) is 0 Å². The summed E-state index contributed by atoms with van der Waals surface area (Å²) >= 11 is 0. The molecular weight excluding hydrogens is 294 g/mol. The summed E-state index contributed by atoms with van der Waals surface area (Å²) in [7, 11) is 0. The number of para-hydroxylation sites is 2. The van der Waals surface area contributed by atoms with Gasteiger partial charge in [-0.05, 0) is 18.6 Å². The van der Waals surface area contributed by atoms with Gasteiger partial charge in [-0.15, -0.1) is 0 Å². The van der Waals surface area contributed by atoms with E-state index >= 15 is 0 Å². The van der Waals surface area contributed by atoms with Crippen molar-refractivity contribution in [2.75, 3.05) is 50.7 Å². The van der Waals surface area contributed by atoms with Crippen LogP contribution in [0.25, 0.3) is 0 Å². The van der Waals surface area contributed by atoms with Crippen LogP contribution >= 0.6 is 0 Å². The summed E-state index contributed by atoms with van der Waals surface area (Å²) in [6.45, 7) is 5.16. The molecular formula is C17H25N3O3. The maximum absolute atomic E-state index is 11.6. The molecule has 2 N–H and O–H groups in total. The fourth-order valence-corrected chi connectivity index (χ4v) is 3.41. The van der Waals surface area contributed by atoms with E-state index in [1.54, 1.807) is 11.0 Å². The van der Waals surface area contributed by atoms with E-state index in [1.807, 2.05) is 18.2 Å². The van der Waals surface area contributed by atoms with Crippen LogP contribution in [0.4, 0.5) is 5.69 Å². The normalized spacial score (nSPS) is 21.0. The third-order valence-electron chi connectivity index (χ3n) is 4.67. The van der Waals surface area contributed by atoms with Crippen LogP contribution in [0.1, 0.15) is 12.8 Å². The average molecular weight is 319 g/mol. The van der Waals surface area contributed by atoms with Crippen molar-refractivity contribution >= 4 is 11.6 Å². The average Bonchev–Trinajstić information content (AvgIpc) is 2.94. The predicted octanol–water partition coefficient (Wildman–Crippen LogP) is 0.497. The molecule has 2 heterocycles. The van der Waals surface area contributed by atoms with Gasteiger partial charge in [-0.1, -0.05) is 12.1 Å². The highest BCUT2D eigenvalue weighted by Crippen LogP contribution is 2.27. The molecule has 6 heteroatoms. The molecule has 23 heavy (non-hydrogen) atoms. The minimum Gasteiger partial charge on any atom is -0.506 e. The number of aromatic hydroxyl groups is 1. The first-order valence-electron chi connectivity index (χ1n) is 8.34. The van der Waals surface area contributed by atoms with Gasteiger partial charge in [-0.2, -0.15) is 0 Å². The molecule has 2 fully saturated rings. The molecule has 0 spiro atoms. The summed E-state index contributed by atoms with van der Waals surface area (Å²) in [5.74, 6) is 0.474. The highest BCUT2D eigenvalue weighted by molar-refractivity contribution is 5.78. The van der Waals surface area contributed by atoms with Crippen LogP contribution < -0.4 is 4.90 Å². The first kappa shape index (κ1) is 16.1. The van der Waals surface area contributed by atoms with E-state index in [9.17, 15) is 15.0 Å². The molecule has 6 nitrogen and oxygen atoms in total. The van der Waals surface area contributed by atoms with E-state index in [4.69, 9.17) is 0 Å². The van der Waals surface area contributed by atoms with Crippen LogP contribution in [-0.2, 0) is 4.79 Å². The number of likely N-dealkylation sites (tertiary alicyclic amines) is 1. The molecule has 3 rings (SSSR count). The van der Waals surface area contributed by atoms with Gasteiger partial charge in [0.25, 0.3) is 0 Å². The fraction of sp³-hybridized carbons (Fsp3) is 0.588. The number of hydrogen-bond donors (Lipinski definition) is 2. The number of phenols is 1. The Balaban J connectivity index is 1.45. The second kappa shape index (κ2) is 7.19. The van der Waals surface area contributed by atoms with Crippen LogP contribution in [0.5, 0.6) is 5.75 Å². The second-order valence-corrected chi connectivity index (χ2v) is 6.37. The molecule has 1 aromatic rings. The van der Waals surface area contributed by atoms with Gasteiger partial charge < -0.3 is 20.0 Å². The van der Waals surface area contributed by atoms with E-state index in [2.05, 4.69) is 9.80 Å². The number of amides is 1. The van der Waals surface area contributed by atoms with E-state index in [0.717, 1.165) is 44.8 Å². The summed E-state index contributed by atoms with van der Waals surface area (Å²) in [6, 6.07) is 7.39. The van der Waals surface area contributed by atoms with Crippen LogP contribution in [0.3, 0.4) is 0 Å². The number of benzene rings is 1. The number of phenolic OH excluding ortho intramolecular Hbond substituents is 1. The zero-order valence-electron chi connectivity index (χ0n) is 13.4. The summed E-state index contributed by atoms with van der Waals surface area (Å²) in [4.78, 5) is 17.8. The Morgan fingerprint density at radius 2 is 1.78 bits per heavy atom.